The lowest BCUT2D eigenvalue weighted by Gasteiger charge is -2.19. The number of benzene rings is 4. The summed E-state index contributed by atoms with van der Waals surface area (Å²) in [5.41, 5.74) is 12.8. The van der Waals surface area contributed by atoms with Gasteiger partial charge in [0.15, 0.2) is 0 Å². The predicted molar refractivity (Wildman–Crippen MR) is 177 cm³/mol. The number of halogens is 2. The summed E-state index contributed by atoms with van der Waals surface area (Å²) in [5, 5.41) is 0. The van der Waals surface area contributed by atoms with Crippen LogP contribution in [0, 0.1) is 0 Å². The zero-order valence-electron chi connectivity index (χ0n) is 23.2. The van der Waals surface area contributed by atoms with Gasteiger partial charge in [0.1, 0.15) is 0 Å². The van der Waals surface area contributed by atoms with Crippen molar-refractivity contribution in [3.05, 3.63) is 108 Å². The standard InChI is InChI=1S/C37H40Br2/c1-2-24-37(38,39)25-14-6-4-3-5-13-19-34-32(29-17-11-8-12-18-29)22-23-35-33-21-20-30(26-31(33)27-36(34)35)28-15-9-7-10-16-28/h7-12,15-18,20-23,26H,2-6,13-14,19,24-25,27H2,1H3. The van der Waals surface area contributed by atoms with Gasteiger partial charge in [0.05, 0.1) is 3.23 Å². The lowest BCUT2D eigenvalue weighted by molar-refractivity contribution is 0.555. The van der Waals surface area contributed by atoms with Crippen LogP contribution in [0.15, 0.2) is 91.0 Å². The summed E-state index contributed by atoms with van der Waals surface area (Å²) in [4.78, 5) is 0. The molecule has 0 saturated carbocycles. The molecule has 0 heterocycles. The van der Waals surface area contributed by atoms with E-state index in [2.05, 4.69) is 130 Å². The van der Waals surface area contributed by atoms with Gasteiger partial charge in [0.2, 0.25) is 0 Å². The molecule has 4 aromatic carbocycles. The molecule has 0 fully saturated rings. The maximum Gasteiger partial charge on any atom is 0.0805 e. The molecule has 1 aliphatic rings. The van der Waals surface area contributed by atoms with Crippen molar-refractivity contribution in [3.63, 3.8) is 0 Å². The van der Waals surface area contributed by atoms with Crippen LogP contribution in [0.4, 0.5) is 0 Å². The first-order chi connectivity index (χ1) is 19.1. The van der Waals surface area contributed by atoms with Crippen molar-refractivity contribution in [1.29, 1.82) is 0 Å². The molecule has 0 bridgehead atoms. The van der Waals surface area contributed by atoms with Crippen LogP contribution in [-0.4, -0.2) is 3.23 Å². The van der Waals surface area contributed by atoms with Gasteiger partial charge in [-0.05, 0) is 82.2 Å². The second kappa shape index (κ2) is 13.5. The van der Waals surface area contributed by atoms with E-state index in [9.17, 15) is 0 Å². The van der Waals surface area contributed by atoms with Gasteiger partial charge in [-0.15, -0.1) is 0 Å². The van der Waals surface area contributed by atoms with Crippen LogP contribution in [0.1, 0.15) is 81.4 Å². The summed E-state index contributed by atoms with van der Waals surface area (Å²) >= 11 is 7.71. The van der Waals surface area contributed by atoms with Crippen molar-refractivity contribution in [2.75, 3.05) is 0 Å². The van der Waals surface area contributed by atoms with Crippen LogP contribution in [-0.2, 0) is 12.8 Å². The number of fused-ring (bicyclic) bond motifs is 3. The Morgan fingerprint density at radius 1 is 0.590 bits per heavy atom. The monoisotopic (exact) mass is 642 g/mol. The Morgan fingerprint density at radius 2 is 1.21 bits per heavy atom. The second-order valence-corrected chi connectivity index (χ2v) is 15.2. The Bertz CT molecular complexity index is 1360. The van der Waals surface area contributed by atoms with Crippen molar-refractivity contribution in [2.45, 2.75) is 80.8 Å². The lowest BCUT2D eigenvalue weighted by Crippen LogP contribution is -2.09. The predicted octanol–water partition coefficient (Wildman–Crippen LogP) is 12.2. The van der Waals surface area contributed by atoms with Gasteiger partial charge in [0.25, 0.3) is 0 Å². The van der Waals surface area contributed by atoms with Gasteiger partial charge in [-0.25, -0.2) is 0 Å². The summed E-state index contributed by atoms with van der Waals surface area (Å²) in [6.45, 7) is 2.25. The lowest BCUT2D eigenvalue weighted by atomic mass is 9.89. The summed E-state index contributed by atoms with van der Waals surface area (Å²) in [5.74, 6) is 0. The first kappa shape index (κ1) is 28.4. The SMILES string of the molecule is CCCC(Br)(Br)CCCCCCCCc1c(-c2ccccc2)ccc2c1Cc1cc(-c3ccccc3)ccc1-2. The van der Waals surface area contributed by atoms with Gasteiger partial charge in [-0.3, -0.25) is 0 Å². The van der Waals surface area contributed by atoms with Crippen LogP contribution in [0.2, 0.25) is 0 Å². The van der Waals surface area contributed by atoms with Crippen molar-refractivity contribution in [3.8, 4) is 33.4 Å². The van der Waals surface area contributed by atoms with Crippen molar-refractivity contribution >= 4 is 31.9 Å². The molecule has 1 aliphatic carbocycles. The normalized spacial score (nSPS) is 12.4. The molecule has 5 rings (SSSR count). The molecule has 4 aromatic rings. The Labute approximate surface area is 252 Å². The highest BCUT2D eigenvalue weighted by molar-refractivity contribution is 9.25. The molecule has 202 valence electrons. The molecule has 0 amide bonds. The summed E-state index contributed by atoms with van der Waals surface area (Å²) in [7, 11) is 0. The highest BCUT2D eigenvalue weighted by Gasteiger charge is 2.24. The highest BCUT2D eigenvalue weighted by atomic mass is 79.9. The van der Waals surface area contributed by atoms with E-state index in [1.54, 1.807) is 11.1 Å². The van der Waals surface area contributed by atoms with E-state index >= 15 is 0 Å². The van der Waals surface area contributed by atoms with Crippen LogP contribution in [0.5, 0.6) is 0 Å². The molecule has 0 nitrogen and oxygen atoms in total. The number of unbranched alkanes of at least 4 members (excludes halogenated alkanes) is 5. The molecule has 0 unspecified atom stereocenters. The van der Waals surface area contributed by atoms with Crippen LogP contribution < -0.4 is 0 Å². The van der Waals surface area contributed by atoms with Gasteiger partial charge in [0, 0.05) is 0 Å². The van der Waals surface area contributed by atoms with Crippen LogP contribution in [0.25, 0.3) is 33.4 Å². The molecule has 0 N–H and O–H groups in total. The average Bonchev–Trinajstić information content (AvgIpc) is 3.33. The fourth-order valence-electron chi connectivity index (χ4n) is 6.21. The number of hydrogen-bond donors (Lipinski definition) is 0. The third-order valence-corrected chi connectivity index (χ3v) is 9.81. The van der Waals surface area contributed by atoms with E-state index < -0.39 is 0 Å². The maximum atomic E-state index is 3.86. The number of rotatable bonds is 13. The van der Waals surface area contributed by atoms with Crippen LogP contribution in [0.3, 0.4) is 0 Å². The van der Waals surface area contributed by atoms with E-state index in [4.69, 9.17) is 0 Å². The summed E-state index contributed by atoms with van der Waals surface area (Å²) in [6.07, 6.45) is 13.7. The maximum absolute atomic E-state index is 3.86. The molecule has 0 spiro atoms. The molecule has 0 saturated heterocycles. The van der Waals surface area contributed by atoms with E-state index in [1.165, 1.54) is 96.7 Å². The average molecular weight is 645 g/mol. The molecular formula is C37H40Br2. The minimum Gasteiger partial charge on any atom is -0.0727 e. The van der Waals surface area contributed by atoms with Crippen molar-refractivity contribution in [1.82, 2.24) is 0 Å². The molecule has 39 heavy (non-hydrogen) atoms. The van der Waals surface area contributed by atoms with E-state index in [1.807, 2.05) is 0 Å². The van der Waals surface area contributed by atoms with Gasteiger partial charge in [-0.1, -0.05) is 168 Å². The molecular weight excluding hydrogens is 604 g/mol. The van der Waals surface area contributed by atoms with Crippen molar-refractivity contribution < 1.29 is 0 Å². The fraction of sp³-hybridized carbons (Fsp3) is 0.351. The minimum absolute atomic E-state index is 0.149. The van der Waals surface area contributed by atoms with Gasteiger partial charge in [-0.2, -0.15) is 0 Å². The molecule has 0 aromatic heterocycles. The first-order valence-electron chi connectivity index (χ1n) is 14.8. The van der Waals surface area contributed by atoms with E-state index in [0.29, 0.717) is 0 Å². The molecule has 0 radical (unpaired) electrons. The highest BCUT2D eigenvalue weighted by Crippen LogP contribution is 2.43. The third-order valence-electron chi connectivity index (χ3n) is 8.22. The molecule has 0 aliphatic heterocycles. The van der Waals surface area contributed by atoms with Crippen molar-refractivity contribution in [2.24, 2.45) is 0 Å². The number of alkyl halides is 2. The smallest absolute Gasteiger partial charge is 0.0727 e. The van der Waals surface area contributed by atoms with Gasteiger partial charge >= 0.3 is 0 Å². The zero-order chi connectivity index (χ0) is 27.1. The molecule has 0 atom stereocenters. The first-order valence-corrected chi connectivity index (χ1v) is 16.4. The topological polar surface area (TPSA) is 0 Å². The quantitative estimate of drug-likeness (QED) is 0.0884. The molecule has 2 heteroatoms. The van der Waals surface area contributed by atoms with E-state index in [-0.39, 0.29) is 3.23 Å². The minimum atomic E-state index is 0.149. The Morgan fingerprint density at radius 3 is 1.92 bits per heavy atom. The Hall–Kier alpha value is -2.16. The zero-order valence-corrected chi connectivity index (χ0v) is 26.4. The van der Waals surface area contributed by atoms with E-state index in [0.717, 1.165) is 12.8 Å². The third kappa shape index (κ3) is 7.14. The summed E-state index contributed by atoms with van der Waals surface area (Å²) in [6, 6.07) is 33.6. The number of hydrogen-bond acceptors (Lipinski definition) is 0. The fourth-order valence-corrected chi connectivity index (χ4v) is 7.56. The summed E-state index contributed by atoms with van der Waals surface area (Å²) < 4.78 is 0.149. The van der Waals surface area contributed by atoms with Gasteiger partial charge < -0.3 is 0 Å². The largest absolute Gasteiger partial charge is 0.0805 e. The Kier molecular flexibility index (Phi) is 9.80. The second-order valence-electron chi connectivity index (χ2n) is 11.1. The Balaban J connectivity index is 1.28. The van der Waals surface area contributed by atoms with Crippen LogP contribution >= 0.6 is 31.9 Å².